The topological polar surface area (TPSA) is 18.5 Å². The minimum Gasteiger partial charge on any atom is -0.381 e. The van der Waals surface area contributed by atoms with Crippen LogP contribution in [0.3, 0.4) is 0 Å². The summed E-state index contributed by atoms with van der Waals surface area (Å²) in [4.78, 5) is 0.937. The van der Waals surface area contributed by atoms with Crippen molar-refractivity contribution in [2.45, 2.75) is 29.1 Å². The SMILES string of the molecule is COC1(c2cc(F)cc(SCc3ccccc3)c2)CCOCC1. The molecule has 1 saturated heterocycles. The van der Waals surface area contributed by atoms with Crippen molar-refractivity contribution >= 4 is 11.8 Å². The number of methoxy groups -OCH3 is 1. The van der Waals surface area contributed by atoms with Crippen LogP contribution in [0.2, 0.25) is 0 Å². The molecule has 0 N–H and O–H groups in total. The lowest BCUT2D eigenvalue weighted by Gasteiger charge is -2.36. The minimum atomic E-state index is -0.428. The number of ether oxygens (including phenoxy) is 2. The zero-order chi connectivity index (χ0) is 16.1. The van der Waals surface area contributed by atoms with E-state index in [2.05, 4.69) is 18.2 Å². The summed E-state index contributed by atoms with van der Waals surface area (Å²) >= 11 is 1.65. The normalized spacial score (nSPS) is 17.1. The van der Waals surface area contributed by atoms with E-state index in [0.29, 0.717) is 13.2 Å². The van der Waals surface area contributed by atoms with Gasteiger partial charge in [0.25, 0.3) is 0 Å². The molecule has 2 aromatic rings. The van der Waals surface area contributed by atoms with Crippen LogP contribution in [0.5, 0.6) is 0 Å². The zero-order valence-electron chi connectivity index (χ0n) is 13.3. The van der Waals surface area contributed by atoms with Crippen molar-refractivity contribution in [3.05, 3.63) is 65.5 Å². The highest BCUT2D eigenvalue weighted by molar-refractivity contribution is 7.98. The van der Waals surface area contributed by atoms with Gasteiger partial charge in [-0.15, -0.1) is 11.8 Å². The first kappa shape index (κ1) is 16.5. The first-order valence-corrected chi connectivity index (χ1v) is 8.81. The Labute approximate surface area is 141 Å². The molecule has 3 rings (SSSR count). The molecular formula is C19H21FO2S. The van der Waals surface area contributed by atoms with Gasteiger partial charge in [-0.05, 0) is 29.3 Å². The van der Waals surface area contributed by atoms with Gasteiger partial charge in [0.2, 0.25) is 0 Å². The van der Waals surface area contributed by atoms with Crippen molar-refractivity contribution in [1.29, 1.82) is 0 Å². The number of rotatable bonds is 5. The smallest absolute Gasteiger partial charge is 0.124 e. The van der Waals surface area contributed by atoms with Crippen LogP contribution in [-0.4, -0.2) is 20.3 Å². The summed E-state index contributed by atoms with van der Waals surface area (Å²) < 4.78 is 25.3. The van der Waals surface area contributed by atoms with Gasteiger partial charge in [0.05, 0.1) is 5.60 Å². The van der Waals surface area contributed by atoms with Crippen LogP contribution in [0.15, 0.2) is 53.4 Å². The Bertz CT molecular complexity index is 639. The molecule has 1 heterocycles. The van der Waals surface area contributed by atoms with E-state index in [1.165, 1.54) is 5.56 Å². The molecule has 122 valence electrons. The monoisotopic (exact) mass is 332 g/mol. The first-order chi connectivity index (χ1) is 11.2. The molecule has 0 unspecified atom stereocenters. The molecule has 0 amide bonds. The maximum atomic E-state index is 14.1. The van der Waals surface area contributed by atoms with E-state index >= 15 is 0 Å². The summed E-state index contributed by atoms with van der Waals surface area (Å²) in [5.41, 5.74) is 1.72. The van der Waals surface area contributed by atoms with Crippen molar-refractivity contribution < 1.29 is 13.9 Å². The van der Waals surface area contributed by atoms with Crippen LogP contribution < -0.4 is 0 Å². The van der Waals surface area contributed by atoms with E-state index < -0.39 is 5.60 Å². The van der Waals surface area contributed by atoms with Gasteiger partial charge >= 0.3 is 0 Å². The Morgan fingerprint density at radius 1 is 1.13 bits per heavy atom. The third kappa shape index (κ3) is 3.94. The molecule has 0 atom stereocenters. The lowest BCUT2D eigenvalue weighted by atomic mass is 9.86. The molecule has 2 nitrogen and oxygen atoms in total. The molecule has 0 spiro atoms. The molecule has 0 bridgehead atoms. The van der Waals surface area contributed by atoms with Crippen LogP contribution in [0.25, 0.3) is 0 Å². The average molecular weight is 332 g/mol. The average Bonchev–Trinajstić information content (AvgIpc) is 2.61. The van der Waals surface area contributed by atoms with Gasteiger partial charge in [-0.2, -0.15) is 0 Å². The van der Waals surface area contributed by atoms with Gasteiger partial charge in [0.15, 0.2) is 0 Å². The molecule has 0 aliphatic carbocycles. The molecule has 0 aromatic heterocycles. The summed E-state index contributed by atoms with van der Waals surface area (Å²) in [6, 6.07) is 15.5. The molecule has 0 saturated carbocycles. The summed E-state index contributed by atoms with van der Waals surface area (Å²) in [7, 11) is 1.70. The second kappa shape index (κ2) is 7.47. The minimum absolute atomic E-state index is 0.207. The number of halogens is 1. The lowest BCUT2D eigenvalue weighted by molar-refractivity contribution is -0.0950. The number of benzene rings is 2. The van der Waals surface area contributed by atoms with E-state index in [1.54, 1.807) is 31.0 Å². The van der Waals surface area contributed by atoms with E-state index in [9.17, 15) is 4.39 Å². The lowest BCUT2D eigenvalue weighted by Crippen LogP contribution is -2.35. The molecule has 4 heteroatoms. The summed E-state index contributed by atoms with van der Waals surface area (Å²) in [6.07, 6.45) is 1.52. The predicted molar refractivity (Wildman–Crippen MR) is 91.1 cm³/mol. The highest BCUT2D eigenvalue weighted by Crippen LogP contribution is 2.38. The number of hydrogen-bond donors (Lipinski definition) is 0. The van der Waals surface area contributed by atoms with Crippen molar-refractivity contribution in [2.75, 3.05) is 20.3 Å². The molecule has 1 aliphatic rings. The summed E-state index contributed by atoms with van der Waals surface area (Å²) in [6.45, 7) is 1.30. The first-order valence-electron chi connectivity index (χ1n) is 7.82. The van der Waals surface area contributed by atoms with Crippen LogP contribution >= 0.6 is 11.8 Å². The molecule has 2 aromatic carbocycles. The highest BCUT2D eigenvalue weighted by atomic mass is 32.2. The quantitative estimate of drug-likeness (QED) is 0.735. The fourth-order valence-electron chi connectivity index (χ4n) is 2.96. The second-order valence-electron chi connectivity index (χ2n) is 5.76. The van der Waals surface area contributed by atoms with Crippen LogP contribution in [0.1, 0.15) is 24.0 Å². The molecule has 0 radical (unpaired) electrons. The maximum Gasteiger partial charge on any atom is 0.124 e. The predicted octanol–water partition coefficient (Wildman–Crippen LogP) is 4.77. The highest BCUT2D eigenvalue weighted by Gasteiger charge is 2.35. The van der Waals surface area contributed by atoms with E-state index in [1.807, 2.05) is 18.2 Å². The molecular weight excluding hydrogens is 311 g/mol. The van der Waals surface area contributed by atoms with Crippen LogP contribution in [0.4, 0.5) is 4.39 Å². The Kier molecular flexibility index (Phi) is 5.36. The van der Waals surface area contributed by atoms with Gasteiger partial charge in [0, 0.05) is 43.8 Å². The second-order valence-corrected chi connectivity index (χ2v) is 6.81. The van der Waals surface area contributed by atoms with Crippen molar-refractivity contribution in [3.8, 4) is 0 Å². The van der Waals surface area contributed by atoms with E-state index in [-0.39, 0.29) is 5.82 Å². The molecule has 1 fully saturated rings. The Hall–Kier alpha value is -1.36. The molecule has 1 aliphatic heterocycles. The van der Waals surface area contributed by atoms with Crippen molar-refractivity contribution in [2.24, 2.45) is 0 Å². The third-order valence-electron chi connectivity index (χ3n) is 4.34. The third-order valence-corrected chi connectivity index (χ3v) is 5.38. The number of thioether (sulfide) groups is 1. The van der Waals surface area contributed by atoms with Gasteiger partial charge in [-0.3, -0.25) is 0 Å². The van der Waals surface area contributed by atoms with Gasteiger partial charge in [-0.25, -0.2) is 4.39 Å². The van der Waals surface area contributed by atoms with Crippen molar-refractivity contribution in [1.82, 2.24) is 0 Å². The van der Waals surface area contributed by atoms with Crippen LogP contribution in [-0.2, 0) is 20.8 Å². The van der Waals surface area contributed by atoms with Gasteiger partial charge in [-0.1, -0.05) is 30.3 Å². The standard InChI is InChI=1S/C19H21FO2S/c1-21-19(7-9-22-10-8-19)16-11-17(20)13-18(12-16)23-14-15-5-3-2-4-6-15/h2-6,11-13H,7-10,14H2,1H3. The molecule has 23 heavy (non-hydrogen) atoms. The summed E-state index contributed by atoms with van der Waals surface area (Å²) in [5, 5.41) is 0. The summed E-state index contributed by atoms with van der Waals surface area (Å²) in [5.74, 6) is 0.619. The fraction of sp³-hybridized carbons (Fsp3) is 0.368. The van der Waals surface area contributed by atoms with Gasteiger partial charge < -0.3 is 9.47 Å². The van der Waals surface area contributed by atoms with Crippen LogP contribution in [0, 0.1) is 5.82 Å². The Balaban J connectivity index is 1.81. The largest absolute Gasteiger partial charge is 0.381 e. The maximum absolute atomic E-state index is 14.1. The van der Waals surface area contributed by atoms with E-state index in [0.717, 1.165) is 29.1 Å². The Morgan fingerprint density at radius 2 is 1.87 bits per heavy atom. The Morgan fingerprint density at radius 3 is 2.57 bits per heavy atom. The van der Waals surface area contributed by atoms with Crippen molar-refractivity contribution in [3.63, 3.8) is 0 Å². The number of hydrogen-bond acceptors (Lipinski definition) is 3. The van der Waals surface area contributed by atoms with Gasteiger partial charge in [0.1, 0.15) is 5.82 Å². The van der Waals surface area contributed by atoms with E-state index in [4.69, 9.17) is 9.47 Å². The zero-order valence-corrected chi connectivity index (χ0v) is 14.1. The fourth-order valence-corrected chi connectivity index (χ4v) is 3.89.